The monoisotopic (exact) mass is 228 g/mol. The van der Waals surface area contributed by atoms with Crippen molar-refractivity contribution < 1.29 is 13.9 Å². The van der Waals surface area contributed by atoms with Crippen molar-refractivity contribution in [1.82, 2.24) is 4.98 Å². The summed E-state index contributed by atoms with van der Waals surface area (Å²) in [4.78, 5) is 3.62. The molecule has 1 fully saturated rings. The Balaban J connectivity index is 1.94. The molecule has 1 saturated carbocycles. The van der Waals surface area contributed by atoms with Gasteiger partial charge in [-0.05, 0) is 12.8 Å². The highest BCUT2D eigenvalue weighted by atomic mass is 19.1. The van der Waals surface area contributed by atoms with Crippen LogP contribution in [0, 0.1) is 17.6 Å². The first-order chi connectivity index (χ1) is 7.66. The van der Waals surface area contributed by atoms with Gasteiger partial charge in [0.2, 0.25) is 0 Å². The van der Waals surface area contributed by atoms with Gasteiger partial charge in [-0.25, -0.2) is 13.8 Å². The van der Waals surface area contributed by atoms with E-state index < -0.39 is 11.6 Å². The van der Waals surface area contributed by atoms with E-state index in [0.29, 0.717) is 6.54 Å². The van der Waals surface area contributed by atoms with Gasteiger partial charge in [-0.2, -0.15) is 0 Å². The summed E-state index contributed by atoms with van der Waals surface area (Å²) in [6, 6.07) is 0.792. The summed E-state index contributed by atoms with van der Waals surface area (Å²) in [6.45, 7) is 0.469. The number of rotatable bonds is 3. The predicted molar refractivity (Wildman–Crippen MR) is 56.0 cm³/mol. The number of nitrogens with zero attached hydrogens (tertiary/aromatic N) is 1. The van der Waals surface area contributed by atoms with Crippen LogP contribution in [0.25, 0.3) is 0 Å². The van der Waals surface area contributed by atoms with E-state index in [4.69, 9.17) is 0 Å². The summed E-state index contributed by atoms with van der Waals surface area (Å²) in [5, 5.41) is 12.4. The van der Waals surface area contributed by atoms with E-state index in [2.05, 4.69) is 10.3 Å². The van der Waals surface area contributed by atoms with E-state index in [1.54, 1.807) is 0 Å². The van der Waals surface area contributed by atoms with Crippen LogP contribution in [0.2, 0.25) is 0 Å². The lowest BCUT2D eigenvalue weighted by Crippen LogP contribution is -2.22. The third-order valence-electron chi connectivity index (χ3n) is 2.96. The predicted octanol–water partition coefficient (Wildman–Crippen LogP) is 1.93. The topological polar surface area (TPSA) is 45.1 Å². The molecule has 0 aliphatic heterocycles. The molecule has 1 aromatic heterocycles. The molecule has 5 heteroatoms. The Morgan fingerprint density at radius 1 is 1.44 bits per heavy atom. The highest BCUT2D eigenvalue weighted by Crippen LogP contribution is 2.25. The van der Waals surface area contributed by atoms with Gasteiger partial charge < -0.3 is 10.4 Å². The van der Waals surface area contributed by atoms with Gasteiger partial charge >= 0.3 is 0 Å². The highest BCUT2D eigenvalue weighted by molar-refractivity contribution is 5.35. The Labute approximate surface area is 92.5 Å². The van der Waals surface area contributed by atoms with E-state index in [0.717, 1.165) is 31.5 Å². The maximum Gasteiger partial charge on any atom is 0.168 e. The molecule has 1 aliphatic rings. The molecule has 2 rings (SSSR count). The Bertz CT molecular complexity index is 373. The van der Waals surface area contributed by atoms with Gasteiger partial charge in [-0.15, -0.1) is 0 Å². The number of hydrogen-bond donors (Lipinski definition) is 2. The molecule has 0 amide bonds. The normalized spacial score (nSPS) is 24.7. The van der Waals surface area contributed by atoms with Gasteiger partial charge in [-0.3, -0.25) is 0 Å². The Morgan fingerprint density at radius 3 is 2.88 bits per heavy atom. The second-order valence-electron chi connectivity index (χ2n) is 4.12. The summed E-state index contributed by atoms with van der Waals surface area (Å²) in [5.41, 5.74) is 0. The summed E-state index contributed by atoms with van der Waals surface area (Å²) in [6.07, 6.45) is 3.36. The minimum atomic E-state index is -0.701. The maximum atomic E-state index is 13.2. The van der Waals surface area contributed by atoms with Gasteiger partial charge in [0.05, 0.1) is 12.3 Å². The summed E-state index contributed by atoms with van der Waals surface area (Å²) < 4.78 is 25.8. The van der Waals surface area contributed by atoms with Gasteiger partial charge in [0, 0.05) is 18.5 Å². The molecular formula is C11H14F2N2O. The lowest BCUT2D eigenvalue weighted by Gasteiger charge is -2.15. The molecule has 88 valence electrons. The molecule has 16 heavy (non-hydrogen) atoms. The molecule has 2 N–H and O–H groups in total. The van der Waals surface area contributed by atoms with Gasteiger partial charge in [0.15, 0.2) is 11.6 Å². The smallest absolute Gasteiger partial charge is 0.168 e. The fraction of sp³-hybridized carbons (Fsp3) is 0.545. The number of halogens is 2. The zero-order valence-electron chi connectivity index (χ0n) is 8.79. The number of hydrogen-bond acceptors (Lipinski definition) is 3. The molecule has 0 bridgehead atoms. The van der Waals surface area contributed by atoms with Crippen LogP contribution in [0.15, 0.2) is 12.3 Å². The first kappa shape index (κ1) is 11.3. The first-order valence-electron chi connectivity index (χ1n) is 5.40. The van der Waals surface area contributed by atoms with E-state index in [1.165, 1.54) is 0 Å². The quantitative estimate of drug-likeness (QED) is 0.831. The average Bonchev–Trinajstić information content (AvgIpc) is 2.63. The lowest BCUT2D eigenvalue weighted by molar-refractivity contribution is 0.138. The van der Waals surface area contributed by atoms with E-state index in [1.807, 2.05) is 0 Å². The van der Waals surface area contributed by atoms with Crippen molar-refractivity contribution in [3.8, 4) is 0 Å². The minimum absolute atomic E-state index is 0.0421. The van der Waals surface area contributed by atoms with Crippen molar-refractivity contribution in [2.45, 2.75) is 25.4 Å². The molecule has 1 heterocycles. The Kier molecular flexibility index (Phi) is 3.33. The van der Waals surface area contributed by atoms with Gasteiger partial charge in [0.1, 0.15) is 5.82 Å². The van der Waals surface area contributed by atoms with Crippen molar-refractivity contribution in [2.24, 2.45) is 5.92 Å². The van der Waals surface area contributed by atoms with Crippen LogP contribution in [0.3, 0.4) is 0 Å². The van der Waals surface area contributed by atoms with Crippen molar-refractivity contribution in [3.63, 3.8) is 0 Å². The largest absolute Gasteiger partial charge is 0.393 e. The maximum absolute atomic E-state index is 13.2. The third-order valence-corrected chi connectivity index (χ3v) is 2.96. The SMILES string of the molecule is OC1CCCC1CNc1ncc(F)cc1F. The molecule has 1 aliphatic carbocycles. The molecule has 2 unspecified atom stereocenters. The minimum Gasteiger partial charge on any atom is -0.393 e. The molecular weight excluding hydrogens is 214 g/mol. The molecule has 0 saturated heterocycles. The van der Waals surface area contributed by atoms with Crippen molar-refractivity contribution in [1.29, 1.82) is 0 Å². The summed E-state index contributed by atoms with van der Waals surface area (Å²) >= 11 is 0. The lowest BCUT2D eigenvalue weighted by atomic mass is 10.1. The number of anilines is 1. The molecule has 3 nitrogen and oxygen atoms in total. The fourth-order valence-corrected chi connectivity index (χ4v) is 2.03. The Hall–Kier alpha value is -1.23. The van der Waals surface area contributed by atoms with Crippen LogP contribution in [-0.4, -0.2) is 22.7 Å². The third kappa shape index (κ3) is 2.47. The van der Waals surface area contributed by atoms with Crippen LogP contribution < -0.4 is 5.32 Å². The van der Waals surface area contributed by atoms with Crippen LogP contribution in [0.1, 0.15) is 19.3 Å². The molecule has 0 spiro atoms. The Morgan fingerprint density at radius 2 is 2.25 bits per heavy atom. The number of aromatic nitrogens is 1. The summed E-state index contributed by atoms with van der Waals surface area (Å²) in [7, 11) is 0. The van der Waals surface area contributed by atoms with Crippen molar-refractivity contribution in [2.75, 3.05) is 11.9 Å². The zero-order chi connectivity index (χ0) is 11.5. The van der Waals surface area contributed by atoms with Crippen LogP contribution in [0.5, 0.6) is 0 Å². The van der Waals surface area contributed by atoms with Crippen LogP contribution >= 0.6 is 0 Å². The number of nitrogens with one attached hydrogen (secondary N) is 1. The first-order valence-corrected chi connectivity index (χ1v) is 5.40. The van der Waals surface area contributed by atoms with Crippen LogP contribution in [-0.2, 0) is 0 Å². The van der Waals surface area contributed by atoms with Crippen molar-refractivity contribution in [3.05, 3.63) is 23.9 Å². The van der Waals surface area contributed by atoms with Crippen LogP contribution in [0.4, 0.5) is 14.6 Å². The zero-order valence-corrected chi connectivity index (χ0v) is 8.79. The standard InChI is InChI=1S/C11H14F2N2O/c12-8-4-9(13)11(15-6-8)14-5-7-2-1-3-10(7)16/h4,6-7,10,16H,1-3,5H2,(H,14,15). The molecule has 2 atom stereocenters. The van der Waals surface area contributed by atoms with E-state index in [9.17, 15) is 13.9 Å². The molecule has 0 radical (unpaired) electrons. The second kappa shape index (κ2) is 4.74. The number of aliphatic hydroxyl groups is 1. The van der Waals surface area contributed by atoms with Gasteiger partial charge in [0.25, 0.3) is 0 Å². The second-order valence-corrected chi connectivity index (χ2v) is 4.12. The number of pyridine rings is 1. The number of aliphatic hydroxyl groups excluding tert-OH is 1. The van der Waals surface area contributed by atoms with Gasteiger partial charge in [-0.1, -0.05) is 6.42 Å². The van der Waals surface area contributed by atoms with E-state index in [-0.39, 0.29) is 17.8 Å². The highest BCUT2D eigenvalue weighted by Gasteiger charge is 2.25. The molecule has 0 aromatic carbocycles. The molecule has 1 aromatic rings. The summed E-state index contributed by atoms with van der Waals surface area (Å²) in [5.74, 6) is -1.22. The average molecular weight is 228 g/mol. The van der Waals surface area contributed by atoms with Crippen molar-refractivity contribution >= 4 is 5.82 Å². The fourth-order valence-electron chi connectivity index (χ4n) is 2.03. The van der Waals surface area contributed by atoms with E-state index >= 15 is 0 Å².